The number of pyridine rings is 1. The summed E-state index contributed by atoms with van der Waals surface area (Å²) in [4.78, 5) is 19.9. The third-order valence-electron chi connectivity index (χ3n) is 5.17. The first-order chi connectivity index (χ1) is 11.9. The number of piperidine rings is 1. The van der Waals surface area contributed by atoms with Gasteiger partial charge in [-0.05, 0) is 59.1 Å². The second-order valence-electron chi connectivity index (χ2n) is 7.53. The third-order valence-corrected chi connectivity index (χ3v) is 5.17. The van der Waals surface area contributed by atoms with E-state index in [1.54, 1.807) is 4.68 Å². The van der Waals surface area contributed by atoms with Crippen molar-refractivity contribution in [2.45, 2.75) is 46.6 Å². The maximum Gasteiger partial charge on any atom is 0.252 e. The van der Waals surface area contributed by atoms with Crippen LogP contribution in [-0.2, 0) is 7.05 Å². The SMILES string of the molecule is Cc1cc(C(=O)NC[C@H]2CCCN(C(C)C)C2)c2c(C)nn(C)c2n1. The summed E-state index contributed by atoms with van der Waals surface area (Å²) in [6, 6.07) is 2.44. The van der Waals surface area contributed by atoms with Gasteiger partial charge >= 0.3 is 0 Å². The van der Waals surface area contributed by atoms with Crippen molar-refractivity contribution in [3.05, 3.63) is 23.0 Å². The molecule has 2 aromatic rings. The Hall–Kier alpha value is -1.95. The predicted molar refractivity (Wildman–Crippen MR) is 99.7 cm³/mol. The van der Waals surface area contributed by atoms with Crippen molar-refractivity contribution in [2.24, 2.45) is 13.0 Å². The number of hydrogen-bond acceptors (Lipinski definition) is 4. The fourth-order valence-electron chi connectivity index (χ4n) is 3.81. The van der Waals surface area contributed by atoms with Crippen LogP contribution in [0.4, 0.5) is 0 Å². The molecule has 0 aliphatic carbocycles. The summed E-state index contributed by atoms with van der Waals surface area (Å²) in [5.41, 5.74) is 3.14. The average molecular weight is 343 g/mol. The summed E-state index contributed by atoms with van der Waals surface area (Å²) < 4.78 is 1.75. The highest BCUT2D eigenvalue weighted by Gasteiger charge is 2.23. The second kappa shape index (κ2) is 7.12. The van der Waals surface area contributed by atoms with Gasteiger partial charge in [0.25, 0.3) is 5.91 Å². The van der Waals surface area contributed by atoms with E-state index in [4.69, 9.17) is 0 Å². The zero-order valence-electron chi connectivity index (χ0n) is 16.0. The molecule has 1 aliphatic heterocycles. The van der Waals surface area contributed by atoms with Crippen LogP contribution in [0.3, 0.4) is 0 Å². The lowest BCUT2D eigenvalue weighted by Gasteiger charge is -2.35. The average Bonchev–Trinajstić information content (AvgIpc) is 2.86. The zero-order chi connectivity index (χ0) is 18.1. The van der Waals surface area contributed by atoms with Gasteiger partial charge in [0.2, 0.25) is 0 Å². The standard InChI is InChI=1S/C19H29N5O/c1-12(2)24-8-6-7-15(11-24)10-20-19(25)16-9-13(3)21-18-17(16)14(4)22-23(18)5/h9,12,15H,6-8,10-11H2,1-5H3,(H,20,25)/t15-/m1/s1. The first-order valence-corrected chi connectivity index (χ1v) is 9.20. The summed E-state index contributed by atoms with van der Waals surface area (Å²) in [5, 5.41) is 8.43. The van der Waals surface area contributed by atoms with E-state index >= 15 is 0 Å². The first kappa shape index (κ1) is 17.9. The fourth-order valence-corrected chi connectivity index (χ4v) is 3.81. The molecule has 0 spiro atoms. The van der Waals surface area contributed by atoms with Crippen molar-refractivity contribution in [3.8, 4) is 0 Å². The molecule has 0 saturated carbocycles. The number of nitrogens with one attached hydrogen (secondary N) is 1. The maximum absolute atomic E-state index is 12.8. The zero-order valence-corrected chi connectivity index (χ0v) is 16.0. The van der Waals surface area contributed by atoms with Gasteiger partial charge in [-0.15, -0.1) is 0 Å². The van der Waals surface area contributed by atoms with Gasteiger partial charge in [-0.25, -0.2) is 4.98 Å². The Labute approximate surface area is 149 Å². The van der Waals surface area contributed by atoms with Crippen molar-refractivity contribution in [1.82, 2.24) is 25.0 Å². The van der Waals surface area contributed by atoms with E-state index in [1.807, 2.05) is 27.0 Å². The number of hydrogen-bond donors (Lipinski definition) is 1. The van der Waals surface area contributed by atoms with Gasteiger partial charge in [0.1, 0.15) is 0 Å². The van der Waals surface area contributed by atoms with Crippen LogP contribution in [0.15, 0.2) is 6.07 Å². The van der Waals surface area contributed by atoms with Gasteiger partial charge in [0.05, 0.1) is 16.6 Å². The molecule has 25 heavy (non-hydrogen) atoms. The van der Waals surface area contributed by atoms with Crippen LogP contribution in [0.1, 0.15) is 48.4 Å². The van der Waals surface area contributed by atoms with Gasteiger partial charge in [0, 0.05) is 31.9 Å². The Morgan fingerprint density at radius 2 is 2.16 bits per heavy atom. The number of rotatable bonds is 4. The minimum Gasteiger partial charge on any atom is -0.352 e. The number of amides is 1. The van der Waals surface area contributed by atoms with Gasteiger partial charge in [-0.1, -0.05) is 0 Å². The largest absolute Gasteiger partial charge is 0.352 e. The van der Waals surface area contributed by atoms with Crippen LogP contribution in [0.25, 0.3) is 11.0 Å². The van der Waals surface area contributed by atoms with Crippen molar-refractivity contribution >= 4 is 16.9 Å². The number of nitrogens with zero attached hydrogens (tertiary/aromatic N) is 4. The van der Waals surface area contributed by atoms with Gasteiger partial charge in [-0.3, -0.25) is 9.48 Å². The topological polar surface area (TPSA) is 63.1 Å². The van der Waals surface area contributed by atoms with E-state index in [9.17, 15) is 4.79 Å². The van der Waals surface area contributed by atoms with Gasteiger partial charge in [-0.2, -0.15) is 5.10 Å². The Balaban J connectivity index is 1.75. The minimum absolute atomic E-state index is 0.0201. The van der Waals surface area contributed by atoms with Crippen LogP contribution in [0.2, 0.25) is 0 Å². The molecule has 6 heteroatoms. The molecule has 0 aromatic carbocycles. The van der Waals surface area contributed by atoms with E-state index in [0.29, 0.717) is 17.5 Å². The molecular formula is C19H29N5O. The van der Waals surface area contributed by atoms with E-state index in [-0.39, 0.29) is 5.91 Å². The van der Waals surface area contributed by atoms with Crippen LogP contribution >= 0.6 is 0 Å². The highest BCUT2D eigenvalue weighted by molar-refractivity contribution is 6.06. The Bertz CT molecular complexity index is 780. The Morgan fingerprint density at radius 3 is 2.88 bits per heavy atom. The predicted octanol–water partition coefficient (Wildman–Crippen LogP) is 2.44. The molecule has 6 nitrogen and oxygen atoms in total. The number of fused-ring (bicyclic) bond motifs is 1. The summed E-state index contributed by atoms with van der Waals surface area (Å²) in [7, 11) is 1.87. The molecule has 1 saturated heterocycles. The van der Waals surface area contributed by atoms with Crippen LogP contribution in [0, 0.1) is 19.8 Å². The van der Waals surface area contributed by atoms with E-state index in [2.05, 4.69) is 34.1 Å². The number of carbonyl (C=O) groups excluding carboxylic acids is 1. The quantitative estimate of drug-likeness (QED) is 0.926. The summed E-state index contributed by atoms with van der Waals surface area (Å²) in [6.45, 7) is 11.3. The highest BCUT2D eigenvalue weighted by atomic mass is 16.1. The van der Waals surface area contributed by atoms with Gasteiger partial charge in [0.15, 0.2) is 5.65 Å². The van der Waals surface area contributed by atoms with E-state index in [1.165, 1.54) is 19.4 Å². The minimum atomic E-state index is -0.0201. The van der Waals surface area contributed by atoms with Crippen LogP contribution in [0.5, 0.6) is 0 Å². The van der Waals surface area contributed by atoms with Crippen molar-refractivity contribution < 1.29 is 4.79 Å². The molecule has 1 fully saturated rings. The summed E-state index contributed by atoms with van der Waals surface area (Å²) >= 11 is 0. The lowest BCUT2D eigenvalue weighted by atomic mass is 9.96. The van der Waals surface area contributed by atoms with E-state index in [0.717, 1.165) is 35.5 Å². The van der Waals surface area contributed by atoms with Crippen molar-refractivity contribution in [1.29, 1.82) is 0 Å². The highest BCUT2D eigenvalue weighted by Crippen LogP contribution is 2.22. The normalized spacial score (nSPS) is 18.9. The third kappa shape index (κ3) is 3.68. The molecule has 1 aliphatic rings. The molecular weight excluding hydrogens is 314 g/mol. The Kier molecular flexibility index (Phi) is 5.08. The van der Waals surface area contributed by atoms with E-state index < -0.39 is 0 Å². The molecule has 3 rings (SSSR count). The molecule has 0 bridgehead atoms. The fraction of sp³-hybridized carbons (Fsp3) is 0.632. The molecule has 1 amide bonds. The van der Waals surface area contributed by atoms with Crippen molar-refractivity contribution in [2.75, 3.05) is 19.6 Å². The number of likely N-dealkylation sites (tertiary alicyclic amines) is 1. The number of aromatic nitrogens is 3. The molecule has 136 valence electrons. The summed E-state index contributed by atoms with van der Waals surface area (Å²) in [5.74, 6) is 0.502. The molecule has 0 radical (unpaired) electrons. The van der Waals surface area contributed by atoms with Gasteiger partial charge < -0.3 is 10.2 Å². The van der Waals surface area contributed by atoms with Crippen LogP contribution < -0.4 is 5.32 Å². The summed E-state index contributed by atoms with van der Waals surface area (Å²) in [6.07, 6.45) is 2.39. The Morgan fingerprint density at radius 1 is 1.40 bits per heavy atom. The van der Waals surface area contributed by atoms with Crippen LogP contribution in [-0.4, -0.2) is 51.2 Å². The first-order valence-electron chi connectivity index (χ1n) is 9.20. The molecule has 1 atom stereocenters. The number of carbonyl (C=O) groups is 1. The van der Waals surface area contributed by atoms with Crippen molar-refractivity contribution in [3.63, 3.8) is 0 Å². The molecule has 1 N–H and O–H groups in total. The molecule has 0 unspecified atom stereocenters. The molecule has 3 heterocycles. The lowest BCUT2D eigenvalue weighted by Crippen LogP contribution is -2.43. The maximum atomic E-state index is 12.8. The molecule has 2 aromatic heterocycles. The second-order valence-corrected chi connectivity index (χ2v) is 7.53. The monoisotopic (exact) mass is 343 g/mol. The smallest absolute Gasteiger partial charge is 0.252 e. The number of aryl methyl sites for hydroxylation is 3. The lowest BCUT2D eigenvalue weighted by molar-refractivity contribution is 0.0924.